The van der Waals surface area contributed by atoms with Crippen molar-refractivity contribution in [1.82, 2.24) is 15.2 Å². The second-order valence-corrected chi connectivity index (χ2v) is 6.51. The molecular formula is C15H24BrN3. The highest BCUT2D eigenvalue weighted by Gasteiger charge is 2.34. The highest BCUT2D eigenvalue weighted by molar-refractivity contribution is 9.10. The minimum atomic E-state index is 0.280. The maximum absolute atomic E-state index is 4.50. The van der Waals surface area contributed by atoms with Gasteiger partial charge in [-0.15, -0.1) is 0 Å². The first-order chi connectivity index (χ1) is 9.08. The van der Waals surface area contributed by atoms with E-state index in [1.807, 2.05) is 6.20 Å². The van der Waals surface area contributed by atoms with Crippen LogP contribution in [0.5, 0.6) is 0 Å². The fraction of sp³-hybridized carbons (Fsp3) is 0.667. The van der Waals surface area contributed by atoms with Crippen molar-refractivity contribution in [2.45, 2.75) is 51.7 Å². The molecule has 106 valence electrons. The molecular weight excluding hydrogens is 302 g/mol. The number of aromatic nitrogens is 1. The standard InChI is InChI=1S/C15H24BrN3/c1-4-15(5-2)11-19(12(3)8-18-15)10-14-7-6-13(16)9-17-14/h6-7,9,12,18H,4-5,8,10-11H2,1-3H3. The van der Waals surface area contributed by atoms with Gasteiger partial charge in [0.05, 0.1) is 5.69 Å². The summed E-state index contributed by atoms with van der Waals surface area (Å²) in [4.78, 5) is 7.05. The van der Waals surface area contributed by atoms with Crippen LogP contribution in [0.15, 0.2) is 22.8 Å². The van der Waals surface area contributed by atoms with Crippen LogP contribution in [0.25, 0.3) is 0 Å². The van der Waals surface area contributed by atoms with Crippen LogP contribution in [0, 0.1) is 0 Å². The summed E-state index contributed by atoms with van der Waals surface area (Å²) < 4.78 is 1.04. The van der Waals surface area contributed by atoms with Gasteiger partial charge in [0.15, 0.2) is 0 Å². The van der Waals surface area contributed by atoms with Crippen molar-refractivity contribution in [3.8, 4) is 0 Å². The molecule has 0 aliphatic carbocycles. The van der Waals surface area contributed by atoms with Gasteiger partial charge in [0.1, 0.15) is 0 Å². The van der Waals surface area contributed by atoms with E-state index in [0.717, 1.165) is 29.8 Å². The van der Waals surface area contributed by atoms with Crippen LogP contribution < -0.4 is 5.32 Å². The summed E-state index contributed by atoms with van der Waals surface area (Å²) >= 11 is 3.44. The Morgan fingerprint density at radius 3 is 2.74 bits per heavy atom. The van der Waals surface area contributed by atoms with Crippen molar-refractivity contribution < 1.29 is 0 Å². The molecule has 0 amide bonds. The Balaban J connectivity index is 2.07. The molecule has 0 bridgehead atoms. The van der Waals surface area contributed by atoms with E-state index >= 15 is 0 Å². The van der Waals surface area contributed by atoms with E-state index in [9.17, 15) is 0 Å². The molecule has 1 unspecified atom stereocenters. The maximum Gasteiger partial charge on any atom is 0.0544 e. The third-order valence-electron chi connectivity index (χ3n) is 4.41. The van der Waals surface area contributed by atoms with Crippen LogP contribution in [0.4, 0.5) is 0 Å². The molecule has 1 N–H and O–H groups in total. The molecule has 3 nitrogen and oxygen atoms in total. The molecule has 1 fully saturated rings. The van der Waals surface area contributed by atoms with Gasteiger partial charge in [0, 0.05) is 41.9 Å². The summed E-state index contributed by atoms with van der Waals surface area (Å²) in [5, 5.41) is 3.74. The summed E-state index contributed by atoms with van der Waals surface area (Å²) in [6.07, 6.45) is 4.25. The lowest BCUT2D eigenvalue weighted by Gasteiger charge is -2.46. The lowest BCUT2D eigenvalue weighted by Crippen LogP contribution is -2.62. The number of nitrogens with one attached hydrogen (secondary N) is 1. The lowest BCUT2D eigenvalue weighted by molar-refractivity contribution is 0.0736. The number of piperazine rings is 1. The van der Waals surface area contributed by atoms with Gasteiger partial charge >= 0.3 is 0 Å². The second-order valence-electron chi connectivity index (χ2n) is 5.59. The van der Waals surface area contributed by atoms with Gasteiger partial charge in [-0.1, -0.05) is 13.8 Å². The minimum absolute atomic E-state index is 0.280. The molecule has 1 aromatic heterocycles. The van der Waals surface area contributed by atoms with Crippen molar-refractivity contribution in [1.29, 1.82) is 0 Å². The number of hydrogen-bond acceptors (Lipinski definition) is 3. The second kappa shape index (κ2) is 6.33. The van der Waals surface area contributed by atoms with Crippen LogP contribution in [-0.2, 0) is 6.54 Å². The zero-order valence-corrected chi connectivity index (χ0v) is 13.7. The predicted molar refractivity (Wildman–Crippen MR) is 83.1 cm³/mol. The third kappa shape index (κ3) is 3.56. The number of rotatable bonds is 4. The quantitative estimate of drug-likeness (QED) is 0.921. The predicted octanol–water partition coefficient (Wildman–Crippen LogP) is 3.20. The van der Waals surface area contributed by atoms with Crippen molar-refractivity contribution >= 4 is 15.9 Å². The molecule has 1 aliphatic rings. The molecule has 1 atom stereocenters. The van der Waals surface area contributed by atoms with Gasteiger partial charge in [-0.05, 0) is 47.8 Å². The van der Waals surface area contributed by atoms with Gasteiger partial charge in [0.25, 0.3) is 0 Å². The van der Waals surface area contributed by atoms with Crippen molar-refractivity contribution in [2.24, 2.45) is 0 Å². The van der Waals surface area contributed by atoms with Crippen LogP contribution in [0.2, 0.25) is 0 Å². The van der Waals surface area contributed by atoms with E-state index in [4.69, 9.17) is 0 Å². The number of hydrogen-bond donors (Lipinski definition) is 1. The Labute approximate surface area is 124 Å². The average molecular weight is 326 g/mol. The molecule has 4 heteroatoms. The molecule has 0 aromatic carbocycles. The smallest absolute Gasteiger partial charge is 0.0544 e. The third-order valence-corrected chi connectivity index (χ3v) is 4.88. The summed E-state index contributed by atoms with van der Waals surface area (Å²) in [6.45, 7) is 9.97. The fourth-order valence-electron chi connectivity index (χ4n) is 2.74. The molecule has 0 radical (unpaired) electrons. The molecule has 0 saturated carbocycles. The van der Waals surface area contributed by atoms with E-state index in [0.29, 0.717) is 6.04 Å². The lowest BCUT2D eigenvalue weighted by atomic mass is 9.88. The van der Waals surface area contributed by atoms with Crippen LogP contribution in [0.1, 0.15) is 39.3 Å². The van der Waals surface area contributed by atoms with Crippen molar-refractivity contribution in [3.63, 3.8) is 0 Å². The number of halogens is 1. The molecule has 1 aromatic rings. The van der Waals surface area contributed by atoms with Gasteiger partial charge in [-0.3, -0.25) is 9.88 Å². The van der Waals surface area contributed by atoms with E-state index < -0.39 is 0 Å². The van der Waals surface area contributed by atoms with Crippen molar-refractivity contribution in [2.75, 3.05) is 13.1 Å². The Hall–Kier alpha value is -0.450. The zero-order valence-electron chi connectivity index (χ0n) is 12.1. The first-order valence-electron chi connectivity index (χ1n) is 7.18. The molecule has 1 saturated heterocycles. The van der Waals surface area contributed by atoms with Crippen LogP contribution in [-0.4, -0.2) is 34.6 Å². The monoisotopic (exact) mass is 325 g/mol. The normalized spacial score (nSPS) is 23.5. The van der Waals surface area contributed by atoms with Crippen LogP contribution in [0.3, 0.4) is 0 Å². The molecule has 19 heavy (non-hydrogen) atoms. The highest BCUT2D eigenvalue weighted by Crippen LogP contribution is 2.23. The van der Waals surface area contributed by atoms with Gasteiger partial charge in [-0.2, -0.15) is 0 Å². The minimum Gasteiger partial charge on any atom is -0.308 e. The Kier molecular flexibility index (Phi) is 4.98. The van der Waals surface area contributed by atoms with Gasteiger partial charge in [0.2, 0.25) is 0 Å². The molecule has 2 rings (SSSR count). The van der Waals surface area contributed by atoms with E-state index in [2.05, 4.69) is 64.0 Å². The highest BCUT2D eigenvalue weighted by atomic mass is 79.9. The van der Waals surface area contributed by atoms with Crippen LogP contribution >= 0.6 is 15.9 Å². The Bertz CT molecular complexity index is 400. The van der Waals surface area contributed by atoms with E-state index in [1.54, 1.807) is 0 Å². The number of nitrogens with zero attached hydrogens (tertiary/aromatic N) is 2. The summed E-state index contributed by atoms with van der Waals surface area (Å²) in [5.41, 5.74) is 1.43. The zero-order chi connectivity index (χ0) is 13.9. The fourth-order valence-corrected chi connectivity index (χ4v) is 2.97. The first kappa shape index (κ1) is 14.9. The van der Waals surface area contributed by atoms with E-state index in [1.165, 1.54) is 12.8 Å². The SMILES string of the molecule is CCC1(CC)CN(Cc2ccc(Br)cn2)C(C)CN1. The largest absolute Gasteiger partial charge is 0.308 e. The Morgan fingerprint density at radius 1 is 1.42 bits per heavy atom. The molecule has 1 aliphatic heterocycles. The summed E-state index contributed by atoms with van der Waals surface area (Å²) in [5.74, 6) is 0. The molecule has 0 spiro atoms. The number of pyridine rings is 1. The average Bonchev–Trinajstić information content (AvgIpc) is 2.44. The topological polar surface area (TPSA) is 28.2 Å². The summed E-state index contributed by atoms with van der Waals surface area (Å²) in [7, 11) is 0. The van der Waals surface area contributed by atoms with Gasteiger partial charge < -0.3 is 5.32 Å². The van der Waals surface area contributed by atoms with E-state index in [-0.39, 0.29) is 5.54 Å². The Morgan fingerprint density at radius 2 is 2.16 bits per heavy atom. The maximum atomic E-state index is 4.50. The van der Waals surface area contributed by atoms with Crippen molar-refractivity contribution in [3.05, 3.63) is 28.5 Å². The van der Waals surface area contributed by atoms with Gasteiger partial charge in [-0.25, -0.2) is 0 Å². The summed E-state index contributed by atoms with van der Waals surface area (Å²) in [6, 6.07) is 4.75. The molecule has 2 heterocycles. The first-order valence-corrected chi connectivity index (χ1v) is 7.97.